The van der Waals surface area contributed by atoms with E-state index in [0.29, 0.717) is 6.54 Å². The Labute approximate surface area is 81.2 Å². The van der Waals surface area contributed by atoms with Crippen molar-refractivity contribution >= 4 is 5.69 Å². The van der Waals surface area contributed by atoms with Crippen LogP contribution >= 0.6 is 0 Å². The molecule has 0 unspecified atom stereocenters. The van der Waals surface area contributed by atoms with Crippen LogP contribution in [0.5, 0.6) is 5.75 Å². The second-order valence-electron chi connectivity index (χ2n) is 2.57. The molecule has 4 heteroatoms. The van der Waals surface area contributed by atoms with Gasteiger partial charge in [-0.05, 0) is 24.3 Å². The molecule has 0 bridgehead atoms. The number of hydrogen-bond donors (Lipinski definition) is 1. The van der Waals surface area contributed by atoms with Crippen LogP contribution in [0.3, 0.4) is 0 Å². The average molecular weight is 199 g/mol. The van der Waals surface area contributed by atoms with Crippen molar-refractivity contribution < 1.29 is 13.5 Å². The third kappa shape index (κ3) is 3.43. The van der Waals surface area contributed by atoms with Crippen LogP contribution in [0.2, 0.25) is 0 Å². The van der Waals surface area contributed by atoms with Gasteiger partial charge in [0, 0.05) is 12.2 Å². The summed E-state index contributed by atoms with van der Waals surface area (Å²) >= 11 is 0. The van der Waals surface area contributed by atoms with Crippen LogP contribution in [-0.2, 0) is 0 Å². The van der Waals surface area contributed by atoms with E-state index in [1.165, 1.54) is 12.1 Å². The molecule has 1 rings (SSSR count). The largest absolute Gasteiger partial charge is 0.435 e. The van der Waals surface area contributed by atoms with Gasteiger partial charge in [-0.2, -0.15) is 8.78 Å². The second kappa shape index (κ2) is 5.21. The molecule has 0 aromatic heterocycles. The molecule has 0 spiro atoms. The third-order valence-electron chi connectivity index (χ3n) is 1.53. The zero-order valence-electron chi connectivity index (χ0n) is 7.54. The lowest BCUT2D eigenvalue weighted by Gasteiger charge is -2.06. The number of alkyl halides is 2. The highest BCUT2D eigenvalue weighted by atomic mass is 19.3. The highest BCUT2D eigenvalue weighted by Gasteiger charge is 2.02. The first-order valence-electron chi connectivity index (χ1n) is 4.12. The molecule has 0 atom stereocenters. The molecule has 1 aromatic rings. The molecule has 0 fully saturated rings. The summed E-state index contributed by atoms with van der Waals surface area (Å²) in [5, 5.41) is 3.01. The van der Waals surface area contributed by atoms with Gasteiger partial charge in [0.2, 0.25) is 0 Å². The molecular formula is C10H11F2NO. The zero-order valence-corrected chi connectivity index (χ0v) is 7.54. The molecule has 2 nitrogen and oxygen atoms in total. The fraction of sp³-hybridized carbons (Fsp3) is 0.200. The Bertz CT molecular complexity index is 285. The minimum Gasteiger partial charge on any atom is -0.435 e. The SMILES string of the molecule is C=CCNc1ccc(OC(F)F)cc1. The first-order valence-corrected chi connectivity index (χ1v) is 4.12. The normalized spacial score (nSPS) is 9.93. The van der Waals surface area contributed by atoms with Crippen LogP contribution in [0.1, 0.15) is 0 Å². The minimum atomic E-state index is -2.78. The Balaban J connectivity index is 2.54. The van der Waals surface area contributed by atoms with Gasteiger partial charge in [-0.1, -0.05) is 6.08 Å². The van der Waals surface area contributed by atoms with Gasteiger partial charge in [0.25, 0.3) is 0 Å². The number of anilines is 1. The van der Waals surface area contributed by atoms with Crippen LogP contribution in [-0.4, -0.2) is 13.2 Å². The van der Waals surface area contributed by atoms with Gasteiger partial charge in [0.15, 0.2) is 0 Å². The van der Waals surface area contributed by atoms with Gasteiger partial charge in [0.1, 0.15) is 5.75 Å². The number of ether oxygens (including phenoxy) is 1. The Morgan fingerprint density at radius 1 is 1.36 bits per heavy atom. The van der Waals surface area contributed by atoms with Crippen LogP contribution in [0.15, 0.2) is 36.9 Å². The van der Waals surface area contributed by atoms with Gasteiger partial charge in [-0.25, -0.2) is 0 Å². The molecule has 1 N–H and O–H groups in total. The monoisotopic (exact) mass is 199 g/mol. The molecule has 0 amide bonds. The Kier molecular flexibility index (Phi) is 3.91. The lowest BCUT2D eigenvalue weighted by atomic mass is 10.3. The van der Waals surface area contributed by atoms with E-state index in [0.717, 1.165) is 5.69 Å². The highest BCUT2D eigenvalue weighted by Crippen LogP contribution is 2.17. The third-order valence-corrected chi connectivity index (χ3v) is 1.53. The summed E-state index contributed by atoms with van der Waals surface area (Å²) in [6.07, 6.45) is 1.71. The van der Waals surface area contributed by atoms with E-state index < -0.39 is 6.61 Å². The van der Waals surface area contributed by atoms with Crippen molar-refractivity contribution in [2.24, 2.45) is 0 Å². The fourth-order valence-electron chi connectivity index (χ4n) is 0.944. The molecular weight excluding hydrogens is 188 g/mol. The number of rotatable bonds is 5. The summed E-state index contributed by atoms with van der Waals surface area (Å²) in [5.41, 5.74) is 0.839. The van der Waals surface area contributed by atoms with Gasteiger partial charge >= 0.3 is 6.61 Å². The molecule has 0 saturated carbocycles. The van der Waals surface area contributed by atoms with Gasteiger partial charge in [-0.3, -0.25) is 0 Å². The summed E-state index contributed by atoms with van der Waals surface area (Å²) in [5.74, 6) is 0.157. The highest BCUT2D eigenvalue weighted by molar-refractivity contribution is 5.46. The fourth-order valence-corrected chi connectivity index (χ4v) is 0.944. The standard InChI is InChI=1S/C10H11F2NO/c1-2-7-13-8-3-5-9(6-4-8)14-10(11)12/h2-6,10,13H,1,7H2. The molecule has 1 aromatic carbocycles. The van der Waals surface area contributed by atoms with Crippen LogP contribution < -0.4 is 10.1 Å². The smallest absolute Gasteiger partial charge is 0.387 e. The molecule has 0 aliphatic rings. The lowest BCUT2D eigenvalue weighted by Crippen LogP contribution is -2.02. The number of nitrogens with one attached hydrogen (secondary N) is 1. The van der Waals surface area contributed by atoms with E-state index in [-0.39, 0.29) is 5.75 Å². The molecule has 0 heterocycles. The molecule has 76 valence electrons. The summed E-state index contributed by atoms with van der Waals surface area (Å²) < 4.78 is 27.7. The molecule has 0 saturated heterocycles. The van der Waals surface area contributed by atoms with Crippen molar-refractivity contribution in [3.63, 3.8) is 0 Å². The summed E-state index contributed by atoms with van der Waals surface area (Å²) in [6.45, 7) is 1.40. The summed E-state index contributed by atoms with van der Waals surface area (Å²) in [6, 6.07) is 6.30. The van der Waals surface area contributed by atoms with Crippen molar-refractivity contribution in [1.29, 1.82) is 0 Å². The quantitative estimate of drug-likeness (QED) is 0.736. The molecule has 0 aliphatic heterocycles. The van der Waals surface area contributed by atoms with E-state index in [1.54, 1.807) is 18.2 Å². The number of benzene rings is 1. The number of halogens is 2. The molecule has 0 aliphatic carbocycles. The van der Waals surface area contributed by atoms with E-state index >= 15 is 0 Å². The first kappa shape index (κ1) is 10.5. The molecule has 14 heavy (non-hydrogen) atoms. The Morgan fingerprint density at radius 2 is 2.00 bits per heavy atom. The maximum atomic E-state index is 11.8. The van der Waals surface area contributed by atoms with Gasteiger partial charge in [-0.15, -0.1) is 6.58 Å². The van der Waals surface area contributed by atoms with Crippen LogP contribution in [0.25, 0.3) is 0 Å². The molecule has 0 radical (unpaired) electrons. The van der Waals surface area contributed by atoms with Crippen molar-refractivity contribution in [3.05, 3.63) is 36.9 Å². The zero-order chi connectivity index (χ0) is 10.4. The summed E-state index contributed by atoms with van der Waals surface area (Å²) in [7, 11) is 0. The van der Waals surface area contributed by atoms with Gasteiger partial charge < -0.3 is 10.1 Å². The van der Waals surface area contributed by atoms with Crippen LogP contribution in [0, 0.1) is 0 Å². The van der Waals surface area contributed by atoms with E-state index in [4.69, 9.17) is 0 Å². The van der Waals surface area contributed by atoms with Crippen LogP contribution in [0.4, 0.5) is 14.5 Å². The van der Waals surface area contributed by atoms with Gasteiger partial charge in [0.05, 0.1) is 0 Å². The lowest BCUT2D eigenvalue weighted by molar-refractivity contribution is -0.0498. The Morgan fingerprint density at radius 3 is 2.50 bits per heavy atom. The minimum absolute atomic E-state index is 0.157. The van der Waals surface area contributed by atoms with Crippen molar-refractivity contribution in [3.8, 4) is 5.75 Å². The second-order valence-corrected chi connectivity index (χ2v) is 2.57. The van der Waals surface area contributed by atoms with E-state index in [9.17, 15) is 8.78 Å². The predicted octanol–water partition coefficient (Wildman–Crippen LogP) is 2.89. The number of hydrogen-bond acceptors (Lipinski definition) is 2. The van der Waals surface area contributed by atoms with E-state index in [1.807, 2.05) is 0 Å². The average Bonchev–Trinajstić information content (AvgIpc) is 2.16. The maximum absolute atomic E-state index is 11.8. The topological polar surface area (TPSA) is 21.3 Å². The van der Waals surface area contributed by atoms with Crippen molar-refractivity contribution in [2.45, 2.75) is 6.61 Å². The summed E-state index contributed by atoms with van der Waals surface area (Å²) in [4.78, 5) is 0. The first-order chi connectivity index (χ1) is 6.72. The van der Waals surface area contributed by atoms with Crippen molar-refractivity contribution in [1.82, 2.24) is 0 Å². The van der Waals surface area contributed by atoms with Crippen molar-refractivity contribution in [2.75, 3.05) is 11.9 Å². The Hall–Kier alpha value is -1.58. The maximum Gasteiger partial charge on any atom is 0.387 e. The van der Waals surface area contributed by atoms with E-state index in [2.05, 4.69) is 16.6 Å². The predicted molar refractivity (Wildman–Crippen MR) is 51.8 cm³/mol.